The van der Waals surface area contributed by atoms with Crippen LogP contribution in [-0.2, 0) is 11.3 Å². The van der Waals surface area contributed by atoms with Crippen molar-refractivity contribution in [1.82, 2.24) is 4.90 Å². The van der Waals surface area contributed by atoms with Gasteiger partial charge in [-0.2, -0.15) is 0 Å². The van der Waals surface area contributed by atoms with Crippen molar-refractivity contribution in [2.24, 2.45) is 11.7 Å². The van der Waals surface area contributed by atoms with E-state index in [0.717, 1.165) is 25.2 Å². The lowest BCUT2D eigenvalue weighted by Gasteiger charge is -2.40. The molecule has 1 unspecified atom stereocenters. The largest absolute Gasteiger partial charge is 0.480 e. The number of likely N-dealkylation sites (tertiary alicyclic amines) is 1. The average Bonchev–Trinajstić information content (AvgIpc) is 2.62. The molecule has 1 aromatic rings. The maximum Gasteiger partial charge on any atom is 0.451 e. The average molecular weight is 490 g/mol. The van der Waals surface area contributed by atoms with Gasteiger partial charge in [-0.1, -0.05) is 42.1 Å². The van der Waals surface area contributed by atoms with Crippen LogP contribution in [0.15, 0.2) is 18.2 Å². The van der Waals surface area contributed by atoms with Gasteiger partial charge in [-0.05, 0) is 62.3 Å². The number of nitrogens with two attached hydrogens (primary N) is 1. The Labute approximate surface area is 194 Å². The van der Waals surface area contributed by atoms with Crippen LogP contribution in [-0.4, -0.2) is 51.8 Å². The summed E-state index contributed by atoms with van der Waals surface area (Å²) in [7, 11) is -1.35. The van der Waals surface area contributed by atoms with Crippen molar-refractivity contribution in [3.8, 4) is 0 Å². The van der Waals surface area contributed by atoms with Gasteiger partial charge in [0.1, 0.15) is 5.54 Å². The number of hydrogen-bond acceptors (Lipinski definition) is 5. The van der Waals surface area contributed by atoms with E-state index in [9.17, 15) is 9.90 Å². The smallest absolute Gasteiger partial charge is 0.451 e. The van der Waals surface area contributed by atoms with Crippen LogP contribution in [0, 0.1) is 5.92 Å². The first-order chi connectivity index (χ1) is 12.7. The molecule has 1 aliphatic rings. The SMILES string of the molecule is Cl.Cl.NC(CCCCB(O)O)(C(=O)O)C1CCN(Cc2ccc(Cl)c(Cl)c2)CC1. The summed E-state index contributed by atoms with van der Waals surface area (Å²) in [6.07, 6.45) is 3.10. The number of nitrogens with zero attached hydrogens (tertiary/aromatic N) is 1. The van der Waals surface area contributed by atoms with Crippen molar-refractivity contribution in [3.63, 3.8) is 0 Å². The molecule has 0 spiro atoms. The molecule has 1 fully saturated rings. The Balaban J connectivity index is 0.00000392. The fourth-order valence-corrected chi connectivity index (χ4v) is 4.05. The molecular weight excluding hydrogens is 461 g/mol. The van der Waals surface area contributed by atoms with Crippen LogP contribution in [0.2, 0.25) is 16.4 Å². The fourth-order valence-electron chi connectivity index (χ4n) is 3.73. The number of hydrogen-bond donors (Lipinski definition) is 4. The third kappa shape index (κ3) is 8.42. The summed E-state index contributed by atoms with van der Waals surface area (Å²) in [5.74, 6) is -1.07. The Hall–Kier alpha value is -0.245. The van der Waals surface area contributed by atoms with Crippen molar-refractivity contribution in [3.05, 3.63) is 33.8 Å². The molecule has 11 heteroatoms. The molecule has 0 aliphatic carbocycles. The molecule has 1 saturated heterocycles. The molecule has 5 N–H and O–H groups in total. The van der Waals surface area contributed by atoms with Crippen molar-refractivity contribution in [2.75, 3.05) is 13.1 Å². The summed E-state index contributed by atoms with van der Waals surface area (Å²) < 4.78 is 0. The van der Waals surface area contributed by atoms with E-state index in [1.807, 2.05) is 12.1 Å². The predicted octanol–water partition coefficient (Wildman–Crippen LogP) is 3.47. The van der Waals surface area contributed by atoms with Gasteiger partial charge in [0.05, 0.1) is 10.0 Å². The molecule has 0 radical (unpaired) electrons. The quantitative estimate of drug-likeness (QED) is 0.312. The van der Waals surface area contributed by atoms with Gasteiger partial charge in [-0.25, -0.2) is 0 Å². The molecule has 1 atom stereocenters. The molecule has 1 heterocycles. The van der Waals surface area contributed by atoms with Crippen LogP contribution < -0.4 is 5.73 Å². The first-order valence-corrected chi connectivity index (χ1v) is 10.0. The van der Waals surface area contributed by atoms with Crippen LogP contribution in [0.1, 0.15) is 37.7 Å². The van der Waals surface area contributed by atoms with E-state index in [1.54, 1.807) is 6.07 Å². The highest BCUT2D eigenvalue weighted by molar-refractivity contribution is 6.42. The lowest BCUT2D eigenvalue weighted by Crippen LogP contribution is -2.56. The van der Waals surface area contributed by atoms with E-state index in [0.29, 0.717) is 42.1 Å². The lowest BCUT2D eigenvalue weighted by atomic mass is 9.74. The van der Waals surface area contributed by atoms with Crippen LogP contribution in [0.5, 0.6) is 0 Å². The Kier molecular flexibility index (Phi) is 13.1. The van der Waals surface area contributed by atoms with Gasteiger partial charge < -0.3 is 20.9 Å². The maximum absolute atomic E-state index is 11.8. The summed E-state index contributed by atoms with van der Waals surface area (Å²) in [5.41, 5.74) is 6.10. The fraction of sp³-hybridized carbons (Fsp3) is 0.611. The van der Waals surface area contributed by atoms with Crippen LogP contribution in [0.25, 0.3) is 0 Å². The number of carboxylic acids is 1. The third-order valence-electron chi connectivity index (χ3n) is 5.41. The number of halogens is 4. The summed E-state index contributed by atoms with van der Waals surface area (Å²) in [4.78, 5) is 14.1. The zero-order valence-electron chi connectivity index (χ0n) is 16.1. The lowest BCUT2D eigenvalue weighted by molar-refractivity contribution is -0.147. The van der Waals surface area contributed by atoms with Gasteiger partial charge in [-0.3, -0.25) is 9.69 Å². The highest BCUT2D eigenvalue weighted by Gasteiger charge is 2.42. The second-order valence-corrected chi connectivity index (χ2v) is 8.19. The van der Waals surface area contributed by atoms with Gasteiger partial charge in [0.15, 0.2) is 0 Å². The number of unbranched alkanes of at least 4 members (excludes halogenated alkanes) is 1. The van der Waals surface area contributed by atoms with E-state index in [2.05, 4.69) is 4.90 Å². The van der Waals surface area contributed by atoms with Gasteiger partial charge in [-0.15, -0.1) is 24.8 Å². The van der Waals surface area contributed by atoms with E-state index >= 15 is 0 Å². The normalized spacial score (nSPS) is 17.0. The van der Waals surface area contributed by atoms with Crippen molar-refractivity contribution >= 4 is 61.1 Å². The van der Waals surface area contributed by atoms with Crippen LogP contribution >= 0.6 is 48.0 Å². The summed E-state index contributed by atoms with van der Waals surface area (Å²) in [6.45, 7) is 2.28. The number of carbonyl (C=O) groups is 1. The molecule has 1 aromatic carbocycles. The van der Waals surface area contributed by atoms with Crippen LogP contribution in [0.4, 0.5) is 0 Å². The number of aliphatic carboxylic acids is 1. The first-order valence-electron chi connectivity index (χ1n) is 9.27. The minimum atomic E-state index is -1.35. The van der Waals surface area contributed by atoms with Gasteiger partial charge in [0.25, 0.3) is 0 Å². The van der Waals surface area contributed by atoms with E-state index in [1.165, 1.54) is 0 Å². The summed E-state index contributed by atoms with van der Waals surface area (Å²) >= 11 is 12.0. The zero-order chi connectivity index (χ0) is 20.0. The molecule has 29 heavy (non-hydrogen) atoms. The number of benzene rings is 1. The third-order valence-corrected chi connectivity index (χ3v) is 6.15. The standard InChI is InChI=1S/C18H27BCl2N2O4.2ClH/c20-15-4-3-13(11-16(15)21)12-23-9-5-14(6-10-23)18(22,17(24)25)7-1-2-8-19(26)27;;/h3-4,11,14,26-27H,1-2,5-10,12,22H2,(H,24,25);2*1H. The molecular formula is C18H29BCl4N2O4. The molecule has 0 bridgehead atoms. The second kappa shape index (κ2) is 13.2. The molecule has 166 valence electrons. The molecule has 2 rings (SSSR count). The first kappa shape index (κ1) is 28.8. The molecule has 1 aliphatic heterocycles. The predicted molar refractivity (Wildman–Crippen MR) is 122 cm³/mol. The number of piperidine rings is 1. The van der Waals surface area contributed by atoms with Crippen LogP contribution in [0.3, 0.4) is 0 Å². The van der Waals surface area contributed by atoms with E-state index < -0.39 is 18.6 Å². The van der Waals surface area contributed by atoms with E-state index in [-0.39, 0.29) is 37.1 Å². The highest BCUT2D eigenvalue weighted by Crippen LogP contribution is 2.32. The summed E-state index contributed by atoms with van der Waals surface area (Å²) in [6, 6.07) is 5.58. The van der Waals surface area contributed by atoms with Crippen molar-refractivity contribution in [2.45, 2.75) is 50.5 Å². The highest BCUT2D eigenvalue weighted by atomic mass is 35.5. The second-order valence-electron chi connectivity index (χ2n) is 7.37. The maximum atomic E-state index is 11.8. The zero-order valence-corrected chi connectivity index (χ0v) is 19.2. The van der Waals surface area contributed by atoms with Gasteiger partial charge in [0, 0.05) is 6.54 Å². The summed E-state index contributed by atoms with van der Waals surface area (Å²) in [5, 5.41) is 28.6. The Morgan fingerprint density at radius 3 is 2.31 bits per heavy atom. The molecule has 0 amide bonds. The Bertz CT molecular complexity index is 648. The minimum absolute atomic E-state index is 0. The minimum Gasteiger partial charge on any atom is -0.480 e. The molecule has 0 aromatic heterocycles. The molecule has 0 saturated carbocycles. The Morgan fingerprint density at radius 2 is 1.79 bits per heavy atom. The molecule has 6 nitrogen and oxygen atoms in total. The van der Waals surface area contributed by atoms with Gasteiger partial charge >= 0.3 is 13.1 Å². The number of carboxylic acid groups (broad SMARTS) is 1. The van der Waals surface area contributed by atoms with Crippen molar-refractivity contribution < 1.29 is 19.9 Å². The van der Waals surface area contributed by atoms with Crippen molar-refractivity contribution in [1.29, 1.82) is 0 Å². The Morgan fingerprint density at radius 1 is 1.17 bits per heavy atom. The van der Waals surface area contributed by atoms with Gasteiger partial charge in [0.2, 0.25) is 0 Å². The topological polar surface area (TPSA) is 107 Å². The number of rotatable bonds is 9. The van der Waals surface area contributed by atoms with E-state index in [4.69, 9.17) is 39.0 Å². The monoisotopic (exact) mass is 488 g/mol.